The van der Waals surface area contributed by atoms with Gasteiger partial charge in [0.25, 0.3) is 5.91 Å². The van der Waals surface area contributed by atoms with Crippen LogP contribution in [0.1, 0.15) is 44.5 Å². The molecule has 1 aliphatic rings. The Kier molecular flexibility index (Phi) is 4.43. The van der Waals surface area contributed by atoms with Gasteiger partial charge in [-0.1, -0.05) is 6.92 Å². The monoisotopic (exact) mass is 330 g/mol. The molecule has 0 saturated carbocycles. The van der Waals surface area contributed by atoms with E-state index in [1.165, 1.54) is 29.5 Å². The van der Waals surface area contributed by atoms with E-state index in [0.29, 0.717) is 22.0 Å². The van der Waals surface area contributed by atoms with Crippen molar-refractivity contribution in [2.24, 2.45) is 5.92 Å². The van der Waals surface area contributed by atoms with Gasteiger partial charge in [0, 0.05) is 17.3 Å². The quantitative estimate of drug-likeness (QED) is 0.877. The van der Waals surface area contributed by atoms with Crippen LogP contribution in [0.4, 0.5) is 5.00 Å². The van der Waals surface area contributed by atoms with Crippen LogP contribution in [0.3, 0.4) is 0 Å². The van der Waals surface area contributed by atoms with Gasteiger partial charge in [0.1, 0.15) is 5.00 Å². The molecular formula is C17H18N2O3S. The SMILES string of the molecule is COC(=O)c1c(NC(=O)c2cccnc2)sc2c1CC[C@@H](C)C2. The zero-order chi connectivity index (χ0) is 16.4. The molecule has 0 spiro atoms. The number of hydrogen-bond acceptors (Lipinski definition) is 5. The van der Waals surface area contributed by atoms with Crippen LogP contribution in [-0.2, 0) is 17.6 Å². The number of amides is 1. The van der Waals surface area contributed by atoms with E-state index in [9.17, 15) is 9.59 Å². The van der Waals surface area contributed by atoms with Crippen molar-refractivity contribution >= 4 is 28.2 Å². The van der Waals surface area contributed by atoms with Gasteiger partial charge in [-0.2, -0.15) is 0 Å². The number of aromatic nitrogens is 1. The van der Waals surface area contributed by atoms with Gasteiger partial charge in [0.2, 0.25) is 0 Å². The minimum atomic E-state index is -0.390. The fourth-order valence-corrected chi connectivity index (χ4v) is 4.22. The Morgan fingerprint density at radius 3 is 2.96 bits per heavy atom. The molecule has 6 heteroatoms. The van der Waals surface area contributed by atoms with E-state index in [-0.39, 0.29) is 5.91 Å². The number of esters is 1. The molecule has 1 atom stereocenters. The second-order valence-electron chi connectivity index (χ2n) is 5.74. The number of hydrogen-bond donors (Lipinski definition) is 1. The minimum Gasteiger partial charge on any atom is -0.465 e. The summed E-state index contributed by atoms with van der Waals surface area (Å²) in [5, 5.41) is 3.43. The van der Waals surface area contributed by atoms with Gasteiger partial charge in [0.05, 0.1) is 18.2 Å². The molecular weight excluding hydrogens is 312 g/mol. The molecule has 0 aromatic carbocycles. The second-order valence-corrected chi connectivity index (χ2v) is 6.85. The average molecular weight is 330 g/mol. The number of nitrogens with zero attached hydrogens (tertiary/aromatic N) is 1. The number of carbonyl (C=O) groups excluding carboxylic acids is 2. The third kappa shape index (κ3) is 3.12. The highest BCUT2D eigenvalue weighted by molar-refractivity contribution is 7.17. The molecule has 0 saturated heterocycles. The standard InChI is InChI=1S/C17H18N2O3S/c1-10-5-6-12-13(8-10)23-16(14(12)17(21)22-2)19-15(20)11-4-3-7-18-9-11/h3-4,7,9-10H,5-6,8H2,1-2H3,(H,19,20)/t10-/m1/s1. The Labute approximate surface area is 138 Å². The summed E-state index contributed by atoms with van der Waals surface area (Å²) in [6.45, 7) is 2.20. The van der Waals surface area contributed by atoms with Crippen molar-refractivity contribution in [2.45, 2.75) is 26.2 Å². The number of carbonyl (C=O) groups is 2. The Hall–Kier alpha value is -2.21. The number of thiophene rings is 1. The maximum atomic E-state index is 12.4. The van der Waals surface area contributed by atoms with Gasteiger partial charge in [-0.15, -0.1) is 11.3 Å². The number of anilines is 1. The van der Waals surface area contributed by atoms with Crippen LogP contribution >= 0.6 is 11.3 Å². The van der Waals surface area contributed by atoms with E-state index in [1.54, 1.807) is 18.3 Å². The lowest BCUT2D eigenvalue weighted by Crippen LogP contribution is -2.16. The van der Waals surface area contributed by atoms with E-state index in [4.69, 9.17) is 4.74 Å². The lowest BCUT2D eigenvalue weighted by Gasteiger charge is -2.18. The molecule has 2 heterocycles. The first-order chi connectivity index (χ1) is 11.1. The fraction of sp³-hybridized carbons (Fsp3) is 0.353. The van der Waals surface area contributed by atoms with Crippen molar-refractivity contribution in [1.29, 1.82) is 0 Å². The third-order valence-corrected chi connectivity index (χ3v) is 5.22. The molecule has 0 fully saturated rings. The number of methoxy groups -OCH3 is 1. The summed E-state index contributed by atoms with van der Waals surface area (Å²) in [6, 6.07) is 3.40. The first-order valence-electron chi connectivity index (χ1n) is 7.54. The molecule has 0 unspecified atom stereocenters. The highest BCUT2D eigenvalue weighted by Crippen LogP contribution is 2.40. The van der Waals surface area contributed by atoms with Crippen LogP contribution in [-0.4, -0.2) is 24.0 Å². The Morgan fingerprint density at radius 1 is 1.43 bits per heavy atom. The molecule has 0 aliphatic heterocycles. The normalized spacial score (nSPS) is 16.5. The van der Waals surface area contributed by atoms with Crippen LogP contribution < -0.4 is 5.32 Å². The first-order valence-corrected chi connectivity index (χ1v) is 8.36. The van der Waals surface area contributed by atoms with Gasteiger partial charge in [0.15, 0.2) is 0 Å². The molecule has 120 valence electrons. The number of rotatable bonds is 3. The molecule has 23 heavy (non-hydrogen) atoms. The number of fused-ring (bicyclic) bond motifs is 1. The van der Waals surface area contributed by atoms with Crippen molar-refractivity contribution in [3.05, 3.63) is 46.1 Å². The Morgan fingerprint density at radius 2 is 2.26 bits per heavy atom. The molecule has 1 amide bonds. The molecule has 1 aliphatic carbocycles. The van der Waals surface area contributed by atoms with E-state index >= 15 is 0 Å². The molecule has 1 N–H and O–H groups in total. The zero-order valence-electron chi connectivity index (χ0n) is 13.1. The predicted molar refractivity (Wildman–Crippen MR) is 89.0 cm³/mol. The summed E-state index contributed by atoms with van der Waals surface area (Å²) in [5.74, 6) is -0.0676. The number of ether oxygens (including phenoxy) is 1. The summed E-state index contributed by atoms with van der Waals surface area (Å²) in [7, 11) is 1.37. The predicted octanol–water partition coefficient (Wildman–Crippen LogP) is 3.31. The van der Waals surface area contributed by atoms with Crippen LogP contribution in [0.25, 0.3) is 0 Å². The fourth-order valence-electron chi connectivity index (χ4n) is 2.83. The lowest BCUT2D eigenvalue weighted by atomic mass is 9.88. The molecule has 0 bridgehead atoms. The smallest absolute Gasteiger partial charge is 0.341 e. The van der Waals surface area contributed by atoms with E-state index in [2.05, 4.69) is 17.2 Å². The largest absolute Gasteiger partial charge is 0.465 e. The van der Waals surface area contributed by atoms with Crippen molar-refractivity contribution in [1.82, 2.24) is 4.98 Å². The highest BCUT2D eigenvalue weighted by Gasteiger charge is 2.29. The Balaban J connectivity index is 1.95. The van der Waals surface area contributed by atoms with Gasteiger partial charge in [-0.3, -0.25) is 9.78 Å². The summed E-state index contributed by atoms with van der Waals surface area (Å²) < 4.78 is 4.92. The van der Waals surface area contributed by atoms with Gasteiger partial charge in [-0.25, -0.2) is 4.79 Å². The summed E-state index contributed by atoms with van der Waals surface area (Å²) in [4.78, 5) is 29.7. The summed E-state index contributed by atoms with van der Waals surface area (Å²) in [6.07, 6.45) is 5.95. The van der Waals surface area contributed by atoms with E-state index in [1.807, 2.05) is 0 Å². The van der Waals surface area contributed by atoms with Gasteiger partial charge >= 0.3 is 5.97 Å². The van der Waals surface area contributed by atoms with Gasteiger partial charge < -0.3 is 10.1 Å². The first kappa shape index (κ1) is 15.7. The van der Waals surface area contributed by atoms with Crippen LogP contribution in [0, 0.1) is 5.92 Å². The summed E-state index contributed by atoms with van der Waals surface area (Å²) in [5.41, 5.74) is 2.00. The van der Waals surface area contributed by atoms with Crippen molar-refractivity contribution < 1.29 is 14.3 Å². The molecule has 5 nitrogen and oxygen atoms in total. The van der Waals surface area contributed by atoms with Crippen molar-refractivity contribution in [2.75, 3.05) is 12.4 Å². The molecule has 3 rings (SSSR count). The summed E-state index contributed by atoms with van der Waals surface area (Å²) >= 11 is 1.48. The van der Waals surface area contributed by atoms with E-state index in [0.717, 1.165) is 24.8 Å². The van der Waals surface area contributed by atoms with Gasteiger partial charge in [-0.05, 0) is 42.9 Å². The van der Waals surface area contributed by atoms with Crippen molar-refractivity contribution in [3.63, 3.8) is 0 Å². The minimum absolute atomic E-state index is 0.269. The molecule has 2 aromatic rings. The zero-order valence-corrected chi connectivity index (χ0v) is 13.9. The maximum Gasteiger partial charge on any atom is 0.341 e. The van der Waals surface area contributed by atoms with Crippen LogP contribution in [0.2, 0.25) is 0 Å². The topological polar surface area (TPSA) is 68.3 Å². The van der Waals surface area contributed by atoms with Crippen molar-refractivity contribution in [3.8, 4) is 0 Å². The second kappa shape index (κ2) is 6.50. The van der Waals surface area contributed by atoms with Crippen LogP contribution in [0.5, 0.6) is 0 Å². The Bertz CT molecular complexity index is 740. The number of nitrogens with one attached hydrogen (secondary N) is 1. The lowest BCUT2D eigenvalue weighted by molar-refractivity contribution is 0.0601. The van der Waals surface area contributed by atoms with Crippen LogP contribution in [0.15, 0.2) is 24.5 Å². The highest BCUT2D eigenvalue weighted by atomic mass is 32.1. The molecule has 2 aromatic heterocycles. The average Bonchev–Trinajstić information content (AvgIpc) is 2.91. The maximum absolute atomic E-state index is 12.4. The molecule has 0 radical (unpaired) electrons. The van der Waals surface area contributed by atoms with E-state index < -0.39 is 5.97 Å². The number of pyridine rings is 1. The third-order valence-electron chi connectivity index (χ3n) is 4.05.